The molecule has 3 aromatic heterocycles. The van der Waals surface area contributed by atoms with E-state index in [0.29, 0.717) is 10.9 Å². The smallest absolute Gasteiger partial charge is 0.138 e. The number of aliphatic hydroxyl groups is 1. The summed E-state index contributed by atoms with van der Waals surface area (Å²) in [6, 6.07) is 9.87. The monoisotopic (exact) mass is 450 g/mol. The van der Waals surface area contributed by atoms with E-state index in [1.807, 2.05) is 24.3 Å². The van der Waals surface area contributed by atoms with Crippen LogP contribution in [0.5, 0.6) is 0 Å². The van der Waals surface area contributed by atoms with Gasteiger partial charge in [0.25, 0.3) is 0 Å². The van der Waals surface area contributed by atoms with Crippen molar-refractivity contribution in [3.05, 3.63) is 51.8 Å². The molecule has 0 saturated heterocycles. The van der Waals surface area contributed by atoms with Crippen LogP contribution in [0.15, 0.2) is 41.4 Å². The maximum atomic E-state index is 10.7. The Bertz CT molecular complexity index is 1300. The number of hydrogen-bond acceptors (Lipinski definition) is 8. The Morgan fingerprint density at radius 2 is 2.17 bits per heavy atom. The first kappa shape index (κ1) is 19.5. The zero-order valence-corrected chi connectivity index (χ0v) is 18.7. The number of rotatable bonds is 4. The van der Waals surface area contributed by atoms with Crippen LogP contribution in [0.1, 0.15) is 28.8 Å². The largest absolute Gasteiger partial charge is 0.510 e. The molecule has 150 valence electrons. The first-order valence-corrected chi connectivity index (χ1v) is 12.3. The van der Waals surface area contributed by atoms with Crippen LogP contribution < -0.4 is 0 Å². The lowest BCUT2D eigenvalue weighted by Gasteiger charge is -2.18. The molecule has 1 atom stereocenters. The van der Waals surface area contributed by atoms with Crippen molar-refractivity contribution < 1.29 is 5.11 Å². The Morgan fingerprint density at radius 3 is 3.00 bits per heavy atom. The summed E-state index contributed by atoms with van der Waals surface area (Å²) >= 11 is 4.64. The molecule has 1 aliphatic carbocycles. The molecule has 0 saturated carbocycles. The summed E-state index contributed by atoms with van der Waals surface area (Å²) in [6.45, 7) is 2.29. The summed E-state index contributed by atoms with van der Waals surface area (Å²) < 4.78 is 0.998. The van der Waals surface area contributed by atoms with Crippen LogP contribution in [0.25, 0.3) is 26.0 Å². The van der Waals surface area contributed by atoms with Crippen molar-refractivity contribution in [3.63, 3.8) is 0 Å². The van der Waals surface area contributed by atoms with Gasteiger partial charge in [-0.05, 0) is 42.9 Å². The fourth-order valence-electron chi connectivity index (χ4n) is 3.78. The number of thiophene rings is 1. The summed E-state index contributed by atoms with van der Waals surface area (Å²) in [7, 11) is 0. The number of benzene rings is 1. The Kier molecular flexibility index (Phi) is 5.19. The molecule has 3 heterocycles. The highest BCUT2D eigenvalue weighted by Crippen LogP contribution is 2.41. The second-order valence-electron chi connectivity index (χ2n) is 7.42. The average Bonchev–Trinajstić information content (AvgIpc) is 3.33. The lowest BCUT2D eigenvalue weighted by molar-refractivity contribution is 0.421. The molecule has 0 fully saturated rings. The molecule has 5 rings (SSSR count). The van der Waals surface area contributed by atoms with Gasteiger partial charge < -0.3 is 5.11 Å². The minimum Gasteiger partial charge on any atom is -0.510 e. The van der Waals surface area contributed by atoms with E-state index in [0.717, 1.165) is 38.3 Å². The zero-order valence-electron chi connectivity index (χ0n) is 16.3. The minimum atomic E-state index is 0.0334. The van der Waals surface area contributed by atoms with Crippen molar-refractivity contribution in [2.75, 3.05) is 5.75 Å². The van der Waals surface area contributed by atoms with E-state index in [2.05, 4.69) is 27.9 Å². The molecule has 8 heteroatoms. The van der Waals surface area contributed by atoms with Gasteiger partial charge in [-0.15, -0.1) is 22.7 Å². The number of fused-ring (bicyclic) bond motifs is 4. The third kappa shape index (κ3) is 3.47. The van der Waals surface area contributed by atoms with Crippen LogP contribution in [-0.4, -0.2) is 25.8 Å². The molecule has 0 spiro atoms. The molecule has 1 aromatic carbocycles. The van der Waals surface area contributed by atoms with Crippen LogP contribution in [0, 0.1) is 17.2 Å². The Hall–Kier alpha value is -2.47. The van der Waals surface area contributed by atoms with Gasteiger partial charge in [-0.25, -0.2) is 15.0 Å². The number of aromatic nitrogens is 3. The van der Waals surface area contributed by atoms with Gasteiger partial charge in [0.2, 0.25) is 0 Å². The minimum absolute atomic E-state index is 0.0334. The molecular formula is C22H18N4OS3. The molecule has 1 unspecified atom stereocenters. The van der Waals surface area contributed by atoms with Crippen molar-refractivity contribution in [2.24, 2.45) is 5.92 Å². The van der Waals surface area contributed by atoms with Crippen LogP contribution >= 0.6 is 34.4 Å². The number of hydrogen-bond donors (Lipinski definition) is 1. The van der Waals surface area contributed by atoms with E-state index in [-0.39, 0.29) is 17.1 Å². The zero-order chi connectivity index (χ0) is 20.7. The van der Waals surface area contributed by atoms with E-state index >= 15 is 0 Å². The summed E-state index contributed by atoms with van der Waals surface area (Å²) in [5.74, 6) is 1.01. The van der Waals surface area contributed by atoms with E-state index in [1.54, 1.807) is 17.7 Å². The molecule has 0 aliphatic heterocycles. The highest BCUT2D eigenvalue weighted by molar-refractivity contribution is 7.99. The number of thiazole rings is 1. The molecule has 1 N–H and O–H groups in total. The van der Waals surface area contributed by atoms with Crippen LogP contribution in [-0.2, 0) is 12.8 Å². The molecule has 0 amide bonds. The lowest BCUT2D eigenvalue weighted by atomic mass is 9.89. The van der Waals surface area contributed by atoms with E-state index in [9.17, 15) is 10.4 Å². The van der Waals surface area contributed by atoms with Gasteiger partial charge >= 0.3 is 0 Å². The predicted molar refractivity (Wildman–Crippen MR) is 124 cm³/mol. The van der Waals surface area contributed by atoms with Crippen LogP contribution in [0.3, 0.4) is 0 Å². The maximum absolute atomic E-state index is 10.7. The number of aliphatic hydroxyl groups excluding tert-OH is 1. The molecule has 4 aromatic rings. The van der Waals surface area contributed by atoms with Gasteiger partial charge in [-0.2, -0.15) is 5.26 Å². The normalized spacial score (nSPS) is 17.0. The number of nitriles is 1. The summed E-state index contributed by atoms with van der Waals surface area (Å²) in [5.41, 5.74) is 2.43. The Balaban J connectivity index is 1.46. The van der Waals surface area contributed by atoms with Gasteiger partial charge in [-0.3, -0.25) is 0 Å². The van der Waals surface area contributed by atoms with Gasteiger partial charge in [0.1, 0.15) is 38.6 Å². The van der Waals surface area contributed by atoms with Crippen molar-refractivity contribution >= 4 is 60.4 Å². The first-order valence-electron chi connectivity index (χ1n) is 9.70. The van der Waals surface area contributed by atoms with Gasteiger partial charge in [0, 0.05) is 10.3 Å². The number of para-hydroxylation sites is 1. The molecule has 30 heavy (non-hydrogen) atoms. The molecule has 5 nitrogen and oxygen atoms in total. The second kappa shape index (κ2) is 7.99. The van der Waals surface area contributed by atoms with Gasteiger partial charge in [0.15, 0.2) is 0 Å². The number of allylic oxidation sites excluding steroid dienone is 1. The highest BCUT2D eigenvalue weighted by Gasteiger charge is 2.23. The molecule has 0 bridgehead atoms. The van der Waals surface area contributed by atoms with Crippen molar-refractivity contribution in [1.29, 1.82) is 5.26 Å². The molecular weight excluding hydrogens is 432 g/mol. The Morgan fingerprint density at radius 1 is 1.30 bits per heavy atom. The number of aryl methyl sites for hydroxylation is 1. The fourth-order valence-corrected chi connectivity index (χ4v) is 7.08. The fraction of sp³-hybridized carbons (Fsp3) is 0.273. The third-order valence-electron chi connectivity index (χ3n) is 5.31. The summed E-state index contributed by atoms with van der Waals surface area (Å²) in [5, 5.41) is 22.9. The van der Waals surface area contributed by atoms with Gasteiger partial charge in [-0.1, -0.05) is 30.8 Å². The lowest BCUT2D eigenvalue weighted by Crippen LogP contribution is -2.08. The predicted octanol–water partition coefficient (Wildman–Crippen LogP) is 6.01. The standard InChI is InChI=1S/C22H18N4OS3/c1-12-6-7-13-18(8-12)30-22-19(13)21(24-11-25-22)28-10-16(27)14(9-23)20-26-15-4-2-3-5-17(15)29-20/h2-5,11-12,27H,6-8,10H2,1H3/b16-14-. The SMILES string of the molecule is CC1CCc2c(sc3ncnc(SC/C(O)=C(\C#N)c4nc5ccccc5s4)c23)C1. The maximum Gasteiger partial charge on any atom is 0.138 e. The molecule has 1 aliphatic rings. The van der Waals surface area contributed by atoms with E-state index in [4.69, 9.17) is 0 Å². The van der Waals surface area contributed by atoms with Gasteiger partial charge in [0.05, 0.1) is 16.0 Å². The highest BCUT2D eigenvalue weighted by atomic mass is 32.2. The quantitative estimate of drug-likeness (QED) is 0.177. The first-order chi connectivity index (χ1) is 14.6. The Labute approximate surface area is 186 Å². The average molecular weight is 451 g/mol. The van der Waals surface area contributed by atoms with Crippen LogP contribution in [0.4, 0.5) is 0 Å². The van der Waals surface area contributed by atoms with Crippen LogP contribution in [0.2, 0.25) is 0 Å². The topological polar surface area (TPSA) is 82.7 Å². The van der Waals surface area contributed by atoms with E-state index in [1.165, 1.54) is 40.0 Å². The number of nitrogens with zero attached hydrogens (tertiary/aromatic N) is 4. The third-order valence-corrected chi connectivity index (χ3v) is 8.53. The van der Waals surface area contributed by atoms with Crippen molar-refractivity contribution in [3.8, 4) is 6.07 Å². The second-order valence-corrected chi connectivity index (χ2v) is 10.5. The summed E-state index contributed by atoms with van der Waals surface area (Å²) in [4.78, 5) is 15.9. The van der Waals surface area contributed by atoms with Crippen molar-refractivity contribution in [2.45, 2.75) is 31.2 Å². The summed E-state index contributed by atoms with van der Waals surface area (Å²) in [6.07, 6.45) is 4.92. The van der Waals surface area contributed by atoms with Crippen molar-refractivity contribution in [1.82, 2.24) is 15.0 Å². The number of thioether (sulfide) groups is 1. The van der Waals surface area contributed by atoms with E-state index < -0.39 is 0 Å². The molecule has 0 radical (unpaired) electrons.